The van der Waals surface area contributed by atoms with Crippen molar-refractivity contribution in [3.63, 3.8) is 0 Å². The van der Waals surface area contributed by atoms with Crippen LogP contribution < -0.4 is 11.2 Å². The van der Waals surface area contributed by atoms with Crippen LogP contribution in [0.25, 0.3) is 0 Å². The van der Waals surface area contributed by atoms with Gasteiger partial charge in [-0.15, -0.1) is 0 Å². The molecule has 1 aliphatic rings. The number of nitrogens with zero attached hydrogens (tertiary/aromatic N) is 1. The number of nitrogens with one attached hydrogen (secondary N) is 1. The monoisotopic (exact) mass is 332 g/mol. The topological polar surface area (TPSA) is 128 Å². The number of hydrogen-bond acceptors (Lipinski definition) is 7. The van der Waals surface area contributed by atoms with Crippen molar-refractivity contribution >= 4 is 10.1 Å². The first-order valence-electron chi connectivity index (χ1n) is 6.30. The zero-order valence-electron chi connectivity index (χ0n) is 12.0. The molecule has 1 aromatic rings. The van der Waals surface area contributed by atoms with Gasteiger partial charge in [0.1, 0.15) is 12.2 Å². The van der Waals surface area contributed by atoms with Gasteiger partial charge in [0.25, 0.3) is 15.7 Å². The number of aliphatic hydroxyl groups excluding tert-OH is 1. The van der Waals surface area contributed by atoms with E-state index in [9.17, 15) is 23.1 Å². The highest BCUT2D eigenvalue weighted by Crippen LogP contribution is 2.29. The zero-order chi connectivity index (χ0) is 16.5. The Morgan fingerprint density at radius 2 is 2.18 bits per heavy atom. The third-order valence-electron chi connectivity index (χ3n) is 3.13. The van der Waals surface area contributed by atoms with Gasteiger partial charge < -0.3 is 9.84 Å². The quantitative estimate of drug-likeness (QED) is 0.503. The van der Waals surface area contributed by atoms with E-state index < -0.39 is 46.4 Å². The summed E-state index contributed by atoms with van der Waals surface area (Å²) in [5.41, 5.74) is -2.25. The van der Waals surface area contributed by atoms with E-state index in [0.717, 1.165) is 10.8 Å². The summed E-state index contributed by atoms with van der Waals surface area (Å²) in [7, 11) is -3.70. The largest absolute Gasteiger partial charge is 0.393 e. The van der Waals surface area contributed by atoms with E-state index >= 15 is 0 Å². The molecule has 122 valence electrons. The number of hydrogen-bond donors (Lipinski definition) is 2. The van der Waals surface area contributed by atoms with E-state index in [-0.39, 0.29) is 0 Å². The lowest BCUT2D eigenvalue weighted by molar-refractivity contribution is -0.102. The van der Waals surface area contributed by atoms with Crippen LogP contribution in [0.15, 0.2) is 27.9 Å². The second-order valence-corrected chi connectivity index (χ2v) is 6.68. The van der Waals surface area contributed by atoms with Crippen molar-refractivity contribution in [2.75, 3.05) is 19.5 Å². The van der Waals surface area contributed by atoms with E-state index in [0.29, 0.717) is 5.56 Å². The maximum Gasteiger partial charge on any atom is 0.330 e. The minimum atomic E-state index is -3.70. The molecule has 2 atom stereocenters. The van der Waals surface area contributed by atoms with Crippen LogP contribution in [-0.4, -0.2) is 48.1 Å². The van der Waals surface area contributed by atoms with Gasteiger partial charge in [-0.05, 0) is 19.1 Å². The Labute approximate surface area is 125 Å². The predicted molar refractivity (Wildman–Crippen MR) is 75.9 cm³/mol. The maximum absolute atomic E-state index is 11.8. The lowest BCUT2D eigenvalue weighted by atomic mass is 10.1. The van der Waals surface area contributed by atoms with Crippen LogP contribution in [0.2, 0.25) is 0 Å². The summed E-state index contributed by atoms with van der Waals surface area (Å²) in [5, 5.41) is 9.45. The number of aryl methyl sites for hydroxylation is 1. The first-order chi connectivity index (χ1) is 10.2. The van der Waals surface area contributed by atoms with Gasteiger partial charge in [-0.2, -0.15) is 8.42 Å². The first-order valence-corrected chi connectivity index (χ1v) is 8.12. The van der Waals surface area contributed by atoms with Crippen LogP contribution in [-0.2, 0) is 19.0 Å². The molecule has 0 amide bonds. The molecule has 0 aliphatic carbocycles. The van der Waals surface area contributed by atoms with Crippen molar-refractivity contribution in [1.29, 1.82) is 0 Å². The standard InChI is InChI=1S/C12H16N2O7S/c1-8-5-14(11(17)13-10(8)16)9-3-4-12(6-15,21-9)7-20-22(2,18)19/h3-5,9,15H,6-7H2,1-2H3,(H,13,16,17)/t9-,12+/m1/s1. The maximum atomic E-state index is 11.8. The molecule has 1 aromatic heterocycles. The second-order valence-electron chi connectivity index (χ2n) is 5.04. The van der Waals surface area contributed by atoms with Crippen molar-refractivity contribution < 1.29 is 22.4 Å². The van der Waals surface area contributed by atoms with Crippen molar-refractivity contribution in [2.45, 2.75) is 18.8 Å². The van der Waals surface area contributed by atoms with Crippen LogP contribution in [0.1, 0.15) is 11.8 Å². The number of ether oxygens (including phenoxy) is 1. The molecular formula is C12H16N2O7S. The Kier molecular flexibility index (Phi) is 4.38. The summed E-state index contributed by atoms with van der Waals surface area (Å²) >= 11 is 0. The van der Waals surface area contributed by atoms with Gasteiger partial charge in [0, 0.05) is 11.8 Å². The molecular weight excluding hydrogens is 316 g/mol. The summed E-state index contributed by atoms with van der Waals surface area (Å²) in [5.74, 6) is 0. The third kappa shape index (κ3) is 3.53. The van der Waals surface area contributed by atoms with Crippen molar-refractivity contribution in [3.8, 4) is 0 Å². The Morgan fingerprint density at radius 1 is 1.50 bits per heavy atom. The first kappa shape index (κ1) is 16.6. The van der Waals surface area contributed by atoms with E-state index in [1.807, 2.05) is 0 Å². The predicted octanol–water partition coefficient (Wildman–Crippen LogP) is -1.36. The Hall–Kier alpha value is -1.75. The zero-order valence-corrected chi connectivity index (χ0v) is 12.8. The number of aromatic nitrogens is 2. The molecule has 0 aromatic carbocycles. The highest BCUT2D eigenvalue weighted by atomic mass is 32.2. The summed E-state index contributed by atoms with van der Waals surface area (Å²) in [4.78, 5) is 25.3. The van der Waals surface area contributed by atoms with E-state index in [1.165, 1.54) is 25.3 Å². The molecule has 0 radical (unpaired) electrons. The summed E-state index contributed by atoms with van der Waals surface area (Å²) in [6.45, 7) is 0.568. The van der Waals surface area contributed by atoms with Gasteiger partial charge in [0.15, 0.2) is 6.23 Å². The number of aromatic amines is 1. The van der Waals surface area contributed by atoms with Gasteiger partial charge in [0.2, 0.25) is 0 Å². The van der Waals surface area contributed by atoms with Crippen LogP contribution in [0.4, 0.5) is 0 Å². The van der Waals surface area contributed by atoms with Crippen LogP contribution >= 0.6 is 0 Å². The Balaban J connectivity index is 2.25. The summed E-state index contributed by atoms with van der Waals surface area (Å²) in [6.07, 6.45) is 4.21. The van der Waals surface area contributed by atoms with Gasteiger partial charge >= 0.3 is 5.69 Å². The van der Waals surface area contributed by atoms with Gasteiger partial charge in [-0.1, -0.05) is 0 Å². The molecule has 2 heterocycles. The number of H-pyrrole nitrogens is 1. The fourth-order valence-corrected chi connectivity index (χ4v) is 2.34. The van der Waals surface area contributed by atoms with Crippen LogP contribution in [0.5, 0.6) is 0 Å². The van der Waals surface area contributed by atoms with E-state index in [1.54, 1.807) is 0 Å². The lowest BCUT2D eigenvalue weighted by Crippen LogP contribution is -2.41. The molecule has 9 nitrogen and oxygen atoms in total. The minimum Gasteiger partial charge on any atom is -0.393 e. The van der Waals surface area contributed by atoms with E-state index in [2.05, 4.69) is 9.17 Å². The van der Waals surface area contributed by atoms with Gasteiger partial charge in [0.05, 0.1) is 12.9 Å². The molecule has 2 rings (SSSR count). The number of rotatable bonds is 5. The highest BCUT2D eigenvalue weighted by molar-refractivity contribution is 7.85. The van der Waals surface area contributed by atoms with Crippen LogP contribution in [0, 0.1) is 6.92 Å². The summed E-state index contributed by atoms with van der Waals surface area (Å²) < 4.78 is 33.4. The molecule has 1 aliphatic heterocycles. The normalized spacial score (nSPS) is 24.8. The highest BCUT2D eigenvalue weighted by Gasteiger charge is 2.37. The smallest absolute Gasteiger partial charge is 0.330 e. The SMILES string of the molecule is Cc1cn([C@H]2C=C[C@](CO)(COS(C)(=O)=O)O2)c(=O)[nH]c1=O. The summed E-state index contributed by atoms with van der Waals surface area (Å²) in [6, 6.07) is 0. The fourth-order valence-electron chi connectivity index (χ4n) is 1.93. The van der Waals surface area contributed by atoms with Crippen molar-refractivity contribution in [3.05, 3.63) is 44.8 Å². The van der Waals surface area contributed by atoms with Crippen LogP contribution in [0.3, 0.4) is 0 Å². The molecule has 0 unspecified atom stereocenters. The minimum absolute atomic E-state index is 0.311. The Bertz CT molecular complexity index is 807. The molecule has 0 saturated carbocycles. The van der Waals surface area contributed by atoms with Gasteiger partial charge in [-0.3, -0.25) is 18.5 Å². The van der Waals surface area contributed by atoms with Crippen molar-refractivity contribution in [2.24, 2.45) is 0 Å². The van der Waals surface area contributed by atoms with E-state index in [4.69, 9.17) is 4.74 Å². The molecule has 2 N–H and O–H groups in total. The average Bonchev–Trinajstić information content (AvgIpc) is 2.85. The van der Waals surface area contributed by atoms with Crippen molar-refractivity contribution in [1.82, 2.24) is 9.55 Å². The number of aliphatic hydroxyl groups is 1. The lowest BCUT2D eigenvalue weighted by Gasteiger charge is -2.26. The molecule has 0 fully saturated rings. The molecule has 0 bridgehead atoms. The average molecular weight is 332 g/mol. The Morgan fingerprint density at radius 3 is 2.77 bits per heavy atom. The fraction of sp³-hybridized carbons (Fsp3) is 0.500. The molecule has 10 heteroatoms. The third-order valence-corrected chi connectivity index (χ3v) is 3.67. The molecule has 0 saturated heterocycles. The van der Waals surface area contributed by atoms with Gasteiger partial charge in [-0.25, -0.2) is 4.79 Å². The molecule has 22 heavy (non-hydrogen) atoms. The molecule has 0 spiro atoms. The second kappa shape index (κ2) is 5.80.